The molecule has 0 N–H and O–H groups in total. The quantitative estimate of drug-likeness (QED) is 0.296. The van der Waals surface area contributed by atoms with E-state index in [4.69, 9.17) is 9.47 Å². The number of benzene rings is 1. The first-order valence-electron chi connectivity index (χ1n) is 7.73. The van der Waals surface area contributed by atoms with Crippen molar-refractivity contribution < 1.29 is 27.6 Å². The molecule has 1 aromatic rings. The van der Waals surface area contributed by atoms with Gasteiger partial charge in [-0.2, -0.15) is 4.31 Å². The first-order valence-corrected chi connectivity index (χ1v) is 10.1. The van der Waals surface area contributed by atoms with Gasteiger partial charge < -0.3 is 9.47 Å². The molecule has 1 aliphatic rings. The molecule has 0 bridgehead atoms. The number of esters is 1. The lowest BCUT2D eigenvalue weighted by atomic mass is 10.2. The van der Waals surface area contributed by atoms with E-state index in [9.17, 15) is 23.3 Å². The Morgan fingerprint density at radius 1 is 1.31 bits per heavy atom. The zero-order valence-corrected chi connectivity index (χ0v) is 16.8. The lowest BCUT2D eigenvalue weighted by Crippen LogP contribution is -2.51. The zero-order chi connectivity index (χ0) is 19.6. The Balaban J connectivity index is 2.50. The molecule has 0 unspecified atom stereocenters. The predicted octanol–water partition coefficient (Wildman–Crippen LogP) is 1.70. The van der Waals surface area contributed by atoms with E-state index in [-0.39, 0.29) is 28.1 Å². The van der Waals surface area contributed by atoms with Crippen LogP contribution in [0.15, 0.2) is 29.2 Å². The van der Waals surface area contributed by atoms with Crippen molar-refractivity contribution in [3.8, 4) is 0 Å². The van der Waals surface area contributed by atoms with Crippen LogP contribution in [-0.4, -0.2) is 60.3 Å². The average Bonchev–Trinajstić information content (AvgIpc) is 2.71. The molecule has 0 aromatic heterocycles. The van der Waals surface area contributed by atoms with Gasteiger partial charge in [0.15, 0.2) is 0 Å². The molecule has 2 rings (SSSR count). The van der Waals surface area contributed by atoms with Gasteiger partial charge in [0.1, 0.15) is 6.04 Å². The third-order valence-electron chi connectivity index (χ3n) is 4.14. The highest BCUT2D eigenvalue weighted by Crippen LogP contribution is 2.29. The molecular weight excluding hydrogens is 432 g/mol. The van der Waals surface area contributed by atoms with Gasteiger partial charge in [-0.05, 0) is 26.0 Å². The smallest absolute Gasteiger partial charge is 0.326 e. The summed E-state index contributed by atoms with van der Waals surface area (Å²) in [6.45, 7) is 3.35. The summed E-state index contributed by atoms with van der Waals surface area (Å²) in [6, 6.07) is 3.32. The molecule has 0 radical (unpaired) electrons. The van der Waals surface area contributed by atoms with Crippen molar-refractivity contribution in [1.29, 1.82) is 0 Å². The van der Waals surface area contributed by atoms with Crippen LogP contribution in [-0.2, 0) is 24.3 Å². The van der Waals surface area contributed by atoms with Crippen molar-refractivity contribution in [2.45, 2.75) is 41.8 Å². The van der Waals surface area contributed by atoms with Crippen molar-refractivity contribution in [2.24, 2.45) is 0 Å². The highest BCUT2D eigenvalue weighted by molar-refractivity contribution is 9.09. The fourth-order valence-electron chi connectivity index (χ4n) is 2.72. The van der Waals surface area contributed by atoms with Gasteiger partial charge in [-0.1, -0.05) is 15.9 Å². The highest BCUT2D eigenvalue weighted by Gasteiger charge is 2.45. The number of hydrogen-bond donors (Lipinski definition) is 0. The summed E-state index contributed by atoms with van der Waals surface area (Å²) < 4.78 is 37.8. The van der Waals surface area contributed by atoms with Gasteiger partial charge in [0.2, 0.25) is 10.0 Å². The van der Waals surface area contributed by atoms with Gasteiger partial charge in [-0.15, -0.1) is 0 Å². The predicted molar refractivity (Wildman–Crippen MR) is 95.5 cm³/mol. The molecule has 9 nitrogen and oxygen atoms in total. The zero-order valence-electron chi connectivity index (χ0n) is 14.4. The number of rotatable bonds is 4. The molecule has 11 heteroatoms. The Bertz CT molecular complexity index is 784. The van der Waals surface area contributed by atoms with E-state index in [2.05, 4.69) is 15.9 Å². The second kappa shape index (κ2) is 7.99. The van der Waals surface area contributed by atoms with Gasteiger partial charge in [0.25, 0.3) is 5.69 Å². The number of halogens is 1. The minimum atomic E-state index is -4.12. The number of nitro benzene ring substituents is 1. The molecule has 0 spiro atoms. The van der Waals surface area contributed by atoms with E-state index in [0.717, 1.165) is 28.6 Å². The van der Waals surface area contributed by atoms with Crippen LogP contribution in [0.4, 0.5) is 5.69 Å². The lowest BCUT2D eigenvalue weighted by Gasteiger charge is -2.30. The number of carbonyl (C=O) groups is 1. The summed E-state index contributed by atoms with van der Waals surface area (Å²) >= 11 is 3.39. The third-order valence-corrected chi connectivity index (χ3v) is 7.04. The number of nitro groups is 1. The van der Waals surface area contributed by atoms with Crippen molar-refractivity contribution in [3.63, 3.8) is 0 Å². The van der Waals surface area contributed by atoms with Gasteiger partial charge in [-0.3, -0.25) is 14.9 Å². The van der Waals surface area contributed by atoms with Crippen LogP contribution in [0, 0.1) is 10.1 Å². The monoisotopic (exact) mass is 450 g/mol. The molecular formula is C15H19BrN2O7S. The van der Waals surface area contributed by atoms with E-state index >= 15 is 0 Å². The van der Waals surface area contributed by atoms with Crippen LogP contribution in [0.3, 0.4) is 0 Å². The summed E-state index contributed by atoms with van der Waals surface area (Å²) in [7, 11) is -2.95. The van der Waals surface area contributed by atoms with Crippen LogP contribution >= 0.6 is 15.9 Å². The van der Waals surface area contributed by atoms with Crippen LogP contribution in [0.25, 0.3) is 0 Å². The second-order valence-corrected chi connectivity index (χ2v) is 8.92. The SMILES string of the molecule is COC(=O)[C@@H]1[C@@H](C)O[C@@H](C)[C@H](Br)CN1S(=O)(=O)c1ccc([N+](=O)[O-])cc1. The first-order chi connectivity index (χ1) is 12.1. The maximum atomic E-state index is 13.1. The van der Waals surface area contributed by atoms with E-state index in [1.165, 1.54) is 7.11 Å². The molecule has 0 aliphatic carbocycles. The molecule has 1 aromatic carbocycles. The Morgan fingerprint density at radius 3 is 2.38 bits per heavy atom. The molecule has 26 heavy (non-hydrogen) atoms. The third kappa shape index (κ3) is 4.05. The maximum absolute atomic E-state index is 13.1. The number of methoxy groups -OCH3 is 1. The van der Waals surface area contributed by atoms with E-state index < -0.39 is 33.1 Å². The molecule has 1 aliphatic heterocycles. The summed E-state index contributed by atoms with van der Waals surface area (Å²) in [5.41, 5.74) is -0.229. The Labute approximate surface area is 159 Å². The van der Waals surface area contributed by atoms with Gasteiger partial charge in [-0.25, -0.2) is 8.42 Å². The number of ether oxygens (including phenoxy) is 2. The van der Waals surface area contributed by atoms with E-state index in [1.807, 2.05) is 0 Å². The second-order valence-electron chi connectivity index (χ2n) is 5.86. The van der Waals surface area contributed by atoms with Gasteiger partial charge in [0.05, 0.1) is 34.0 Å². The fraction of sp³-hybridized carbons (Fsp3) is 0.533. The normalized spacial score (nSPS) is 27.5. The number of alkyl halides is 1. The number of nitrogens with zero attached hydrogens (tertiary/aromatic N) is 2. The maximum Gasteiger partial charge on any atom is 0.326 e. The molecule has 0 saturated carbocycles. The Kier molecular flexibility index (Phi) is 6.37. The van der Waals surface area contributed by atoms with Crippen molar-refractivity contribution in [1.82, 2.24) is 4.31 Å². The standard InChI is InChI=1S/C15H19BrN2O7S/c1-9-13(16)8-17(14(10(2)25-9)15(19)24-3)26(22,23)12-6-4-11(5-7-12)18(20)21/h4-7,9-10,13-14H,8H2,1-3H3/t9-,10+,13+,14-/m0/s1. The highest BCUT2D eigenvalue weighted by atomic mass is 79.9. The molecule has 1 fully saturated rings. The van der Waals surface area contributed by atoms with Crippen LogP contribution in [0.2, 0.25) is 0 Å². The molecule has 0 amide bonds. The summed E-state index contributed by atoms with van der Waals surface area (Å²) in [5.74, 6) is -0.739. The molecule has 4 atom stereocenters. The first kappa shape index (κ1) is 20.7. The number of carbonyl (C=O) groups excluding carboxylic acids is 1. The minimum Gasteiger partial charge on any atom is -0.468 e. The minimum absolute atomic E-state index is 0.0232. The van der Waals surface area contributed by atoms with E-state index in [1.54, 1.807) is 13.8 Å². The lowest BCUT2D eigenvalue weighted by molar-refractivity contribution is -0.384. The molecule has 144 valence electrons. The van der Waals surface area contributed by atoms with E-state index in [0.29, 0.717) is 0 Å². The average molecular weight is 451 g/mol. The number of non-ortho nitro benzene ring substituents is 1. The van der Waals surface area contributed by atoms with Crippen LogP contribution < -0.4 is 0 Å². The van der Waals surface area contributed by atoms with Gasteiger partial charge in [0, 0.05) is 18.7 Å². The summed E-state index contributed by atoms with van der Waals surface area (Å²) in [5, 5.41) is 10.8. The summed E-state index contributed by atoms with van der Waals surface area (Å²) in [4.78, 5) is 21.9. The van der Waals surface area contributed by atoms with Crippen molar-refractivity contribution >= 4 is 37.6 Å². The number of sulfonamides is 1. The topological polar surface area (TPSA) is 116 Å². The number of hydrogen-bond acceptors (Lipinski definition) is 7. The Hall–Kier alpha value is -1.56. The summed E-state index contributed by atoms with van der Waals surface area (Å²) in [6.07, 6.45) is -1.08. The largest absolute Gasteiger partial charge is 0.468 e. The molecule has 1 saturated heterocycles. The Morgan fingerprint density at radius 2 is 1.88 bits per heavy atom. The fourth-order valence-corrected chi connectivity index (χ4v) is 5.01. The van der Waals surface area contributed by atoms with Crippen LogP contribution in [0.5, 0.6) is 0 Å². The van der Waals surface area contributed by atoms with Crippen molar-refractivity contribution in [3.05, 3.63) is 34.4 Å². The van der Waals surface area contributed by atoms with Crippen LogP contribution in [0.1, 0.15) is 13.8 Å². The molecule has 1 heterocycles. The van der Waals surface area contributed by atoms with Crippen molar-refractivity contribution in [2.75, 3.05) is 13.7 Å². The van der Waals surface area contributed by atoms with Gasteiger partial charge >= 0.3 is 5.97 Å².